The highest BCUT2D eigenvalue weighted by Crippen LogP contribution is 2.31. The summed E-state index contributed by atoms with van der Waals surface area (Å²) in [6, 6.07) is 15.6. The third-order valence-electron chi connectivity index (χ3n) is 7.83. The number of fused-ring (bicyclic) bond motifs is 2. The molecule has 5 aromatic rings. The molecule has 11 nitrogen and oxygen atoms in total. The first-order valence-corrected chi connectivity index (χ1v) is 18.4. The lowest BCUT2D eigenvalue weighted by Gasteiger charge is -2.29. The Balaban J connectivity index is 0.000000336. The standard InChI is InChI=1S/C26H26FN3O4S.C8H8N2O2S/c1-25(2,15-10-11-28-22(12-15)26(3,4)35(5,33)34)30-24(32)17-14-21-18(13-19(17)27)23(31)16-8-6-7-9-20(16)29-21;1-9-7-3-4-10-8(5-7)6-13(2,11)12/h6-14H,1-5H3,(H,29,31)(H,30,32);3-5H,6H2,2H3. The number of rotatable bonds is 7. The maximum atomic E-state index is 15.0. The molecule has 0 aliphatic heterocycles. The van der Waals surface area contributed by atoms with E-state index in [-0.39, 0.29) is 22.1 Å². The van der Waals surface area contributed by atoms with Crippen LogP contribution in [0.25, 0.3) is 26.7 Å². The Hall–Kier alpha value is -5.00. The summed E-state index contributed by atoms with van der Waals surface area (Å²) in [5, 5.41) is 3.40. The van der Waals surface area contributed by atoms with Crippen molar-refractivity contribution in [1.82, 2.24) is 20.3 Å². The normalized spacial score (nSPS) is 12.2. The molecule has 0 atom stereocenters. The molecule has 2 N–H and O–H groups in total. The summed E-state index contributed by atoms with van der Waals surface area (Å²) in [7, 11) is -6.53. The predicted octanol–water partition coefficient (Wildman–Crippen LogP) is 5.34. The molecular weight excluding hydrogens is 658 g/mol. The van der Waals surface area contributed by atoms with E-state index in [1.807, 2.05) is 0 Å². The van der Waals surface area contributed by atoms with Crippen molar-refractivity contribution in [3.8, 4) is 0 Å². The number of aromatic nitrogens is 3. The summed E-state index contributed by atoms with van der Waals surface area (Å²) >= 11 is 0. The van der Waals surface area contributed by atoms with Gasteiger partial charge in [-0.25, -0.2) is 26.1 Å². The number of para-hydroxylation sites is 1. The lowest BCUT2D eigenvalue weighted by molar-refractivity contribution is 0.0908. The van der Waals surface area contributed by atoms with Gasteiger partial charge in [-0.2, -0.15) is 0 Å². The van der Waals surface area contributed by atoms with Gasteiger partial charge < -0.3 is 10.3 Å². The second-order valence-electron chi connectivity index (χ2n) is 12.4. The lowest BCUT2D eigenvalue weighted by Crippen LogP contribution is -2.41. The van der Waals surface area contributed by atoms with Gasteiger partial charge in [-0.3, -0.25) is 19.6 Å². The summed E-state index contributed by atoms with van der Waals surface area (Å²) in [5.74, 6) is -1.61. The zero-order valence-corrected chi connectivity index (χ0v) is 28.8. The van der Waals surface area contributed by atoms with Crippen molar-refractivity contribution in [1.29, 1.82) is 0 Å². The molecule has 0 saturated carbocycles. The van der Waals surface area contributed by atoms with Gasteiger partial charge in [-0.1, -0.05) is 12.1 Å². The molecule has 48 heavy (non-hydrogen) atoms. The number of sulfone groups is 2. The highest BCUT2D eigenvalue weighted by molar-refractivity contribution is 7.91. The van der Waals surface area contributed by atoms with Gasteiger partial charge >= 0.3 is 0 Å². The molecule has 0 unspecified atom stereocenters. The van der Waals surface area contributed by atoms with Crippen molar-refractivity contribution in [2.45, 2.75) is 43.7 Å². The van der Waals surface area contributed by atoms with Gasteiger partial charge in [0.1, 0.15) is 10.6 Å². The minimum absolute atomic E-state index is 0.115. The molecule has 0 fully saturated rings. The molecule has 250 valence electrons. The number of hydrogen-bond donors (Lipinski definition) is 2. The molecule has 1 amide bonds. The average molecular weight is 692 g/mol. The number of nitrogens with zero attached hydrogens (tertiary/aromatic N) is 3. The summed E-state index contributed by atoms with van der Waals surface area (Å²) in [6.45, 7) is 13.3. The molecule has 0 bridgehead atoms. The first kappa shape index (κ1) is 35.8. The second kappa shape index (κ2) is 13.2. The average Bonchev–Trinajstić information content (AvgIpc) is 3.00. The maximum Gasteiger partial charge on any atom is 0.255 e. The molecule has 0 radical (unpaired) electrons. The predicted molar refractivity (Wildman–Crippen MR) is 184 cm³/mol. The Bertz CT molecular complexity index is 2380. The van der Waals surface area contributed by atoms with Gasteiger partial charge in [0.15, 0.2) is 30.8 Å². The fourth-order valence-corrected chi connectivity index (χ4v) is 5.95. The first-order valence-electron chi connectivity index (χ1n) is 14.5. The van der Waals surface area contributed by atoms with Crippen LogP contribution in [0.3, 0.4) is 0 Å². The molecule has 5 rings (SSSR count). The van der Waals surface area contributed by atoms with Crippen LogP contribution in [0.5, 0.6) is 0 Å². The fourth-order valence-electron chi connectivity index (χ4n) is 4.76. The smallest absolute Gasteiger partial charge is 0.255 e. The largest absolute Gasteiger partial charge is 0.354 e. The summed E-state index contributed by atoms with van der Waals surface area (Å²) in [5.41, 5.74) is 1.17. The molecule has 14 heteroatoms. The SMILES string of the molecule is CC(C)(NC(=O)c1cc2[nH]c3ccccc3c(=O)c2cc1F)c1ccnc(C(C)(C)S(C)(=O)=O)c1.[C-]#[N+]c1ccnc(CS(C)(=O)=O)c1. The Kier molecular flexibility index (Phi) is 9.89. The van der Waals surface area contributed by atoms with Crippen LogP contribution in [0, 0.1) is 12.4 Å². The maximum absolute atomic E-state index is 15.0. The summed E-state index contributed by atoms with van der Waals surface area (Å²) < 4.78 is 60.0. The van der Waals surface area contributed by atoms with E-state index in [0.29, 0.717) is 39.1 Å². The lowest BCUT2D eigenvalue weighted by atomic mass is 9.92. The van der Waals surface area contributed by atoms with Gasteiger partial charge in [0.05, 0.1) is 34.6 Å². The molecule has 0 saturated heterocycles. The monoisotopic (exact) mass is 691 g/mol. The van der Waals surface area contributed by atoms with Gasteiger partial charge in [0.2, 0.25) is 0 Å². The number of aromatic amines is 1. The van der Waals surface area contributed by atoms with E-state index in [1.54, 1.807) is 70.2 Å². The van der Waals surface area contributed by atoms with Crippen LogP contribution in [0.15, 0.2) is 77.9 Å². The minimum atomic E-state index is -3.46. The topological polar surface area (TPSA) is 160 Å². The Morgan fingerprint density at radius 3 is 2.23 bits per heavy atom. The number of H-pyrrole nitrogens is 1. The van der Waals surface area contributed by atoms with Crippen molar-refractivity contribution in [2.24, 2.45) is 0 Å². The Morgan fingerprint density at radius 2 is 1.58 bits per heavy atom. The van der Waals surface area contributed by atoms with Crippen LogP contribution in [-0.2, 0) is 35.7 Å². The Morgan fingerprint density at radius 1 is 0.917 bits per heavy atom. The first-order chi connectivity index (χ1) is 22.2. The molecule has 3 heterocycles. The van der Waals surface area contributed by atoms with Crippen molar-refractivity contribution in [3.05, 3.63) is 123 Å². The number of pyridine rings is 3. The van der Waals surface area contributed by atoms with Crippen LogP contribution in [0.1, 0.15) is 55.0 Å². The van der Waals surface area contributed by atoms with E-state index in [9.17, 15) is 30.8 Å². The van der Waals surface area contributed by atoms with Crippen LogP contribution < -0.4 is 10.7 Å². The minimum Gasteiger partial charge on any atom is -0.354 e. The van der Waals surface area contributed by atoms with Gasteiger partial charge in [0, 0.05) is 46.9 Å². The van der Waals surface area contributed by atoms with Crippen LogP contribution in [0.4, 0.5) is 10.1 Å². The van der Waals surface area contributed by atoms with Gasteiger partial charge in [0.25, 0.3) is 5.91 Å². The highest BCUT2D eigenvalue weighted by atomic mass is 32.2. The zero-order chi connectivity index (χ0) is 35.7. The Labute approximate surface area is 277 Å². The molecule has 2 aromatic carbocycles. The summed E-state index contributed by atoms with van der Waals surface area (Å²) in [4.78, 5) is 40.3. The third kappa shape index (κ3) is 7.92. The number of amides is 1. The molecule has 3 aromatic heterocycles. The van der Waals surface area contributed by atoms with Crippen LogP contribution >= 0.6 is 0 Å². The number of benzene rings is 2. The van der Waals surface area contributed by atoms with Crippen molar-refractivity contribution < 1.29 is 26.0 Å². The quantitative estimate of drug-likeness (QED) is 0.171. The zero-order valence-electron chi connectivity index (χ0n) is 27.1. The van der Waals surface area contributed by atoms with Crippen molar-refractivity contribution in [3.63, 3.8) is 0 Å². The third-order valence-corrected chi connectivity index (χ3v) is 10.7. The molecule has 0 aliphatic rings. The van der Waals surface area contributed by atoms with Crippen molar-refractivity contribution >= 4 is 53.1 Å². The fraction of sp³-hybridized carbons (Fsp3) is 0.265. The molecular formula is C34H34FN5O6S2. The second-order valence-corrected chi connectivity index (χ2v) is 17.1. The van der Waals surface area contributed by atoms with E-state index < -0.39 is 41.7 Å². The van der Waals surface area contributed by atoms with E-state index in [2.05, 4.69) is 25.1 Å². The highest BCUT2D eigenvalue weighted by Gasteiger charge is 2.35. The van der Waals surface area contributed by atoms with E-state index in [0.717, 1.165) is 18.6 Å². The van der Waals surface area contributed by atoms with Gasteiger partial charge in [-0.15, -0.1) is 0 Å². The number of carbonyl (C=O) groups is 1. The van der Waals surface area contributed by atoms with Crippen LogP contribution in [0.2, 0.25) is 0 Å². The number of halogens is 1. The number of hydrogen-bond acceptors (Lipinski definition) is 8. The van der Waals surface area contributed by atoms with E-state index in [1.165, 1.54) is 24.5 Å². The molecule has 0 spiro atoms. The molecule has 0 aliphatic carbocycles. The van der Waals surface area contributed by atoms with E-state index in [4.69, 9.17) is 6.57 Å². The summed E-state index contributed by atoms with van der Waals surface area (Å²) in [6.07, 6.45) is 5.20. The number of carbonyl (C=O) groups excluding carboxylic acids is 1. The van der Waals surface area contributed by atoms with E-state index >= 15 is 0 Å². The number of nitrogens with one attached hydrogen (secondary N) is 2. The van der Waals surface area contributed by atoms with Gasteiger partial charge in [-0.05, 0) is 81.8 Å². The van der Waals surface area contributed by atoms with Crippen molar-refractivity contribution in [2.75, 3.05) is 12.5 Å². The van der Waals surface area contributed by atoms with Crippen LogP contribution in [-0.4, -0.2) is 50.2 Å².